The highest BCUT2D eigenvalue weighted by molar-refractivity contribution is 8.03. The van der Waals surface area contributed by atoms with Crippen LogP contribution in [0.4, 0.5) is 5.69 Å². The molecule has 0 unspecified atom stereocenters. The summed E-state index contributed by atoms with van der Waals surface area (Å²) in [7, 11) is -3.92. The van der Waals surface area contributed by atoms with Gasteiger partial charge in [0.05, 0.1) is 16.5 Å². The van der Waals surface area contributed by atoms with Crippen LogP contribution in [0.2, 0.25) is 0 Å². The van der Waals surface area contributed by atoms with Crippen LogP contribution in [-0.4, -0.2) is 25.3 Å². The van der Waals surface area contributed by atoms with E-state index in [9.17, 15) is 8.42 Å². The van der Waals surface area contributed by atoms with Crippen molar-refractivity contribution in [3.8, 4) is 11.1 Å². The zero-order valence-corrected chi connectivity index (χ0v) is 14.1. The van der Waals surface area contributed by atoms with Crippen molar-refractivity contribution < 1.29 is 13.0 Å². The molecule has 6 heteroatoms. The van der Waals surface area contributed by atoms with Gasteiger partial charge in [-0.1, -0.05) is 54.7 Å². The molecule has 0 saturated carbocycles. The van der Waals surface area contributed by atoms with Gasteiger partial charge in [-0.3, -0.25) is 4.55 Å². The lowest BCUT2D eigenvalue weighted by atomic mass is 10.0. The molecule has 0 saturated heterocycles. The Balaban J connectivity index is 1.84. The van der Waals surface area contributed by atoms with Gasteiger partial charge in [0, 0.05) is 11.4 Å². The zero-order valence-electron chi connectivity index (χ0n) is 12.5. The minimum atomic E-state index is -3.92. The third-order valence-electron chi connectivity index (χ3n) is 3.67. The lowest BCUT2D eigenvalue weighted by molar-refractivity contribution is 0.481. The number of hydrogen-bond donors (Lipinski definition) is 1. The molecule has 3 rings (SSSR count). The number of rotatable bonds is 5. The molecule has 0 atom stereocenters. The summed E-state index contributed by atoms with van der Waals surface area (Å²) >= 11 is 1.58. The predicted molar refractivity (Wildman–Crippen MR) is 95.3 cm³/mol. The van der Waals surface area contributed by atoms with Crippen molar-refractivity contribution in [2.75, 3.05) is 17.2 Å². The Labute approximate surface area is 140 Å². The van der Waals surface area contributed by atoms with E-state index in [0.29, 0.717) is 13.0 Å². The van der Waals surface area contributed by atoms with Gasteiger partial charge in [-0.15, -0.1) is 0 Å². The first-order valence-electron chi connectivity index (χ1n) is 7.23. The van der Waals surface area contributed by atoms with Crippen molar-refractivity contribution in [3.63, 3.8) is 0 Å². The number of nitrogens with zero attached hydrogens (tertiary/aromatic N) is 1. The SMILES string of the molecule is C=C1Sc2ccc(-c3ccccc3)cc2N1CCCS(=O)(=O)O. The van der Waals surface area contributed by atoms with E-state index in [1.165, 1.54) is 0 Å². The maximum Gasteiger partial charge on any atom is 0.264 e. The van der Waals surface area contributed by atoms with Crippen LogP contribution in [0, 0.1) is 0 Å². The smallest absolute Gasteiger partial charge is 0.264 e. The standard InChI is InChI=1S/C17H17NO3S2/c1-13-18(10-5-11-23(19,20)21)16-12-15(8-9-17(16)22-13)14-6-3-2-4-7-14/h2-4,6-9,12H,1,5,10-11H2,(H,19,20,21). The minimum Gasteiger partial charge on any atom is -0.335 e. The van der Waals surface area contributed by atoms with Crippen molar-refractivity contribution in [2.45, 2.75) is 11.3 Å². The zero-order chi connectivity index (χ0) is 16.4. The third-order valence-corrected chi connectivity index (χ3v) is 5.50. The molecule has 0 aliphatic carbocycles. The van der Waals surface area contributed by atoms with Crippen molar-refractivity contribution in [1.29, 1.82) is 0 Å². The first kappa shape index (κ1) is 16.1. The third kappa shape index (κ3) is 3.77. The van der Waals surface area contributed by atoms with Gasteiger partial charge < -0.3 is 4.90 Å². The van der Waals surface area contributed by atoms with Crippen LogP contribution in [0.15, 0.2) is 65.0 Å². The summed E-state index contributed by atoms with van der Waals surface area (Å²) in [6.07, 6.45) is 0.355. The summed E-state index contributed by atoms with van der Waals surface area (Å²) in [5.41, 5.74) is 3.28. The quantitative estimate of drug-likeness (QED) is 0.828. The average Bonchev–Trinajstić information content (AvgIpc) is 2.82. The van der Waals surface area contributed by atoms with Crippen LogP contribution in [0.3, 0.4) is 0 Å². The van der Waals surface area contributed by atoms with E-state index in [0.717, 1.165) is 26.7 Å². The number of hydrogen-bond acceptors (Lipinski definition) is 4. The van der Waals surface area contributed by atoms with Gasteiger partial charge >= 0.3 is 0 Å². The highest BCUT2D eigenvalue weighted by Gasteiger charge is 2.24. The second kappa shape index (κ2) is 6.39. The number of benzene rings is 2. The van der Waals surface area contributed by atoms with Gasteiger partial charge in [0.2, 0.25) is 0 Å². The topological polar surface area (TPSA) is 57.6 Å². The van der Waals surface area contributed by atoms with E-state index in [2.05, 4.69) is 36.9 Å². The van der Waals surface area contributed by atoms with E-state index in [-0.39, 0.29) is 5.75 Å². The van der Waals surface area contributed by atoms with Gasteiger partial charge in [0.15, 0.2) is 0 Å². The van der Waals surface area contributed by atoms with Gasteiger partial charge in [-0.05, 0) is 29.7 Å². The summed E-state index contributed by atoms with van der Waals surface area (Å²) in [5.74, 6) is -0.241. The number of thioether (sulfide) groups is 1. The summed E-state index contributed by atoms with van der Waals surface area (Å²) in [6, 6.07) is 16.3. The Morgan fingerprint density at radius 2 is 1.83 bits per heavy atom. The Bertz CT molecular complexity index is 832. The average molecular weight is 347 g/mol. The molecule has 0 aromatic heterocycles. The van der Waals surface area contributed by atoms with Crippen LogP contribution in [0.1, 0.15) is 6.42 Å². The first-order valence-corrected chi connectivity index (χ1v) is 9.65. The highest BCUT2D eigenvalue weighted by Crippen LogP contribution is 2.46. The second-order valence-corrected chi connectivity index (χ2v) is 8.02. The maximum atomic E-state index is 10.9. The normalized spacial score (nSPS) is 14.1. The van der Waals surface area contributed by atoms with Crippen LogP contribution in [0.5, 0.6) is 0 Å². The fraction of sp³-hybridized carbons (Fsp3) is 0.176. The maximum absolute atomic E-state index is 10.9. The molecule has 2 aromatic rings. The van der Waals surface area contributed by atoms with E-state index in [1.54, 1.807) is 11.8 Å². The monoisotopic (exact) mass is 347 g/mol. The second-order valence-electron chi connectivity index (χ2n) is 5.34. The van der Waals surface area contributed by atoms with Gasteiger partial charge in [0.25, 0.3) is 10.1 Å². The molecule has 23 heavy (non-hydrogen) atoms. The lowest BCUT2D eigenvalue weighted by Gasteiger charge is -2.20. The highest BCUT2D eigenvalue weighted by atomic mass is 32.2. The molecule has 4 nitrogen and oxygen atoms in total. The minimum absolute atomic E-state index is 0.241. The molecule has 120 valence electrons. The Morgan fingerprint density at radius 3 is 2.52 bits per heavy atom. The van der Waals surface area contributed by atoms with Crippen LogP contribution in [-0.2, 0) is 10.1 Å². The molecule has 0 bridgehead atoms. The molecule has 1 heterocycles. The molecule has 0 fully saturated rings. The molecule has 1 N–H and O–H groups in total. The largest absolute Gasteiger partial charge is 0.335 e. The fourth-order valence-corrected chi connectivity index (χ4v) is 4.05. The summed E-state index contributed by atoms with van der Waals surface area (Å²) in [4.78, 5) is 3.12. The van der Waals surface area contributed by atoms with Crippen LogP contribution >= 0.6 is 11.8 Å². The van der Waals surface area contributed by atoms with Crippen LogP contribution < -0.4 is 4.90 Å². The summed E-state index contributed by atoms with van der Waals surface area (Å²) in [6.45, 7) is 4.56. The predicted octanol–water partition coefficient (Wildman–Crippen LogP) is 4.01. The molecule has 1 aliphatic heterocycles. The van der Waals surface area contributed by atoms with Crippen molar-refractivity contribution >= 4 is 27.6 Å². The summed E-state index contributed by atoms with van der Waals surface area (Å²) in [5, 5.41) is 0.876. The van der Waals surface area contributed by atoms with Gasteiger partial charge in [-0.2, -0.15) is 8.42 Å². The molecule has 2 aromatic carbocycles. The van der Waals surface area contributed by atoms with Gasteiger partial charge in [-0.25, -0.2) is 0 Å². The van der Waals surface area contributed by atoms with E-state index >= 15 is 0 Å². The molecule has 0 amide bonds. The van der Waals surface area contributed by atoms with E-state index in [4.69, 9.17) is 4.55 Å². The van der Waals surface area contributed by atoms with Crippen molar-refractivity contribution in [3.05, 3.63) is 60.1 Å². The van der Waals surface area contributed by atoms with Crippen molar-refractivity contribution in [1.82, 2.24) is 0 Å². The lowest BCUT2D eigenvalue weighted by Crippen LogP contribution is -2.21. The molecular weight excluding hydrogens is 330 g/mol. The molecular formula is C17H17NO3S2. The summed E-state index contributed by atoms with van der Waals surface area (Å²) < 4.78 is 30.6. The Hall–Kier alpha value is -1.76. The Morgan fingerprint density at radius 1 is 1.09 bits per heavy atom. The van der Waals surface area contributed by atoms with Crippen molar-refractivity contribution in [2.24, 2.45) is 0 Å². The van der Waals surface area contributed by atoms with Crippen LogP contribution in [0.25, 0.3) is 11.1 Å². The van der Waals surface area contributed by atoms with Gasteiger partial charge in [0.1, 0.15) is 0 Å². The van der Waals surface area contributed by atoms with E-state index < -0.39 is 10.1 Å². The molecule has 0 spiro atoms. The fourth-order valence-electron chi connectivity index (χ4n) is 2.59. The number of fused-ring (bicyclic) bond motifs is 1. The number of anilines is 1. The van der Waals surface area contributed by atoms with E-state index in [1.807, 2.05) is 23.1 Å². The molecule has 1 aliphatic rings. The first-order chi connectivity index (χ1) is 10.9. The molecule has 0 radical (unpaired) electrons. The Kier molecular flexibility index (Phi) is 4.48.